The second-order valence-electron chi connectivity index (χ2n) is 3.88. The molecular weight excluding hydrogens is 164 g/mol. The molecule has 2 nitrogen and oxygen atoms in total. The molecule has 0 aromatic heterocycles. The highest BCUT2D eigenvalue weighted by atomic mass is 16.3. The van der Waals surface area contributed by atoms with Crippen molar-refractivity contribution < 1.29 is 10.2 Å². The van der Waals surface area contributed by atoms with Crippen molar-refractivity contribution >= 4 is 0 Å². The third-order valence-corrected chi connectivity index (χ3v) is 2.66. The average Bonchev–Trinajstić information content (AvgIpc) is 2.12. The molecule has 0 radical (unpaired) electrons. The normalized spacial score (nSPS) is 28.7. The van der Waals surface area contributed by atoms with E-state index in [-0.39, 0.29) is 0 Å². The number of unbranched alkanes of at least 4 members (excludes halogenated alkanes) is 2. The van der Waals surface area contributed by atoms with Crippen LogP contribution in [-0.4, -0.2) is 22.4 Å². The topological polar surface area (TPSA) is 40.5 Å². The van der Waals surface area contributed by atoms with Gasteiger partial charge in [-0.15, -0.1) is 0 Å². The first-order valence-corrected chi connectivity index (χ1v) is 5.29. The molecule has 1 aliphatic carbocycles. The van der Waals surface area contributed by atoms with Crippen LogP contribution in [0.3, 0.4) is 0 Å². The fourth-order valence-corrected chi connectivity index (χ4v) is 1.75. The monoisotopic (exact) mass is 184 g/mol. The average molecular weight is 184 g/mol. The van der Waals surface area contributed by atoms with Gasteiger partial charge in [0.15, 0.2) is 0 Å². The van der Waals surface area contributed by atoms with Crippen molar-refractivity contribution in [1.82, 2.24) is 0 Å². The minimum Gasteiger partial charge on any atom is -0.390 e. The maximum atomic E-state index is 9.38. The van der Waals surface area contributed by atoms with Crippen molar-refractivity contribution in [2.45, 2.75) is 57.7 Å². The molecule has 0 aromatic rings. The van der Waals surface area contributed by atoms with Crippen LogP contribution in [0.4, 0.5) is 0 Å². The van der Waals surface area contributed by atoms with E-state index < -0.39 is 12.2 Å². The summed E-state index contributed by atoms with van der Waals surface area (Å²) in [6.45, 7) is 2.19. The summed E-state index contributed by atoms with van der Waals surface area (Å²) in [5.74, 6) is 0. The van der Waals surface area contributed by atoms with Gasteiger partial charge in [-0.2, -0.15) is 0 Å². The zero-order valence-corrected chi connectivity index (χ0v) is 8.37. The van der Waals surface area contributed by atoms with Crippen molar-refractivity contribution in [2.24, 2.45) is 0 Å². The van der Waals surface area contributed by atoms with Crippen LogP contribution < -0.4 is 0 Å². The lowest BCUT2D eigenvalue weighted by atomic mass is 9.92. The Morgan fingerprint density at radius 3 is 2.77 bits per heavy atom. The SMILES string of the molecule is CCCCCC1=C[C@H](O)[C@H](O)CC1. The Morgan fingerprint density at radius 1 is 1.38 bits per heavy atom. The second kappa shape index (κ2) is 5.40. The Bertz CT molecular complexity index is 175. The van der Waals surface area contributed by atoms with E-state index in [4.69, 9.17) is 0 Å². The maximum Gasteiger partial charge on any atom is 0.0982 e. The van der Waals surface area contributed by atoms with Crippen molar-refractivity contribution in [3.8, 4) is 0 Å². The predicted molar refractivity (Wildman–Crippen MR) is 53.5 cm³/mol. The lowest BCUT2D eigenvalue weighted by Crippen LogP contribution is -2.27. The molecular formula is C11H20O2. The molecule has 0 spiro atoms. The number of hydrogen-bond donors (Lipinski definition) is 2. The molecule has 0 aromatic carbocycles. The van der Waals surface area contributed by atoms with Crippen molar-refractivity contribution in [3.05, 3.63) is 11.6 Å². The van der Waals surface area contributed by atoms with Crippen LogP contribution in [0.1, 0.15) is 45.4 Å². The van der Waals surface area contributed by atoms with E-state index >= 15 is 0 Å². The molecule has 1 aliphatic rings. The summed E-state index contributed by atoms with van der Waals surface area (Å²) in [7, 11) is 0. The summed E-state index contributed by atoms with van der Waals surface area (Å²) < 4.78 is 0. The molecule has 0 saturated heterocycles. The predicted octanol–water partition coefficient (Wildman–Crippen LogP) is 2.01. The molecule has 2 heteroatoms. The summed E-state index contributed by atoms with van der Waals surface area (Å²) in [5.41, 5.74) is 1.33. The van der Waals surface area contributed by atoms with Crippen LogP contribution in [0.2, 0.25) is 0 Å². The Hall–Kier alpha value is -0.340. The van der Waals surface area contributed by atoms with Gasteiger partial charge in [0.1, 0.15) is 0 Å². The lowest BCUT2D eigenvalue weighted by molar-refractivity contribution is 0.0368. The quantitative estimate of drug-likeness (QED) is 0.518. The molecule has 0 heterocycles. The van der Waals surface area contributed by atoms with Crippen molar-refractivity contribution in [1.29, 1.82) is 0 Å². The first kappa shape index (κ1) is 10.7. The molecule has 2 N–H and O–H groups in total. The molecule has 1 rings (SSSR count). The maximum absolute atomic E-state index is 9.38. The van der Waals surface area contributed by atoms with Crippen LogP contribution >= 0.6 is 0 Å². The zero-order chi connectivity index (χ0) is 9.68. The first-order valence-electron chi connectivity index (χ1n) is 5.29. The van der Waals surface area contributed by atoms with Gasteiger partial charge in [0, 0.05) is 0 Å². The molecule has 76 valence electrons. The van der Waals surface area contributed by atoms with Gasteiger partial charge < -0.3 is 10.2 Å². The Kier molecular flexibility index (Phi) is 4.46. The summed E-state index contributed by atoms with van der Waals surface area (Å²) in [5, 5.41) is 18.7. The highest BCUT2D eigenvalue weighted by Gasteiger charge is 2.19. The summed E-state index contributed by atoms with van der Waals surface area (Å²) in [6.07, 6.45) is 7.17. The summed E-state index contributed by atoms with van der Waals surface area (Å²) >= 11 is 0. The smallest absolute Gasteiger partial charge is 0.0982 e. The number of allylic oxidation sites excluding steroid dienone is 1. The Morgan fingerprint density at radius 2 is 2.15 bits per heavy atom. The van der Waals surface area contributed by atoms with Gasteiger partial charge in [-0.05, 0) is 25.7 Å². The van der Waals surface area contributed by atoms with E-state index in [0.29, 0.717) is 0 Å². The fourth-order valence-electron chi connectivity index (χ4n) is 1.75. The number of aliphatic hydroxyl groups is 2. The van der Waals surface area contributed by atoms with Crippen LogP contribution in [-0.2, 0) is 0 Å². The molecule has 0 unspecified atom stereocenters. The van der Waals surface area contributed by atoms with Gasteiger partial charge in [0.05, 0.1) is 12.2 Å². The molecule has 2 atom stereocenters. The molecule has 13 heavy (non-hydrogen) atoms. The van der Waals surface area contributed by atoms with Gasteiger partial charge in [-0.3, -0.25) is 0 Å². The minimum absolute atomic E-state index is 0.532. The fraction of sp³-hybridized carbons (Fsp3) is 0.818. The second-order valence-corrected chi connectivity index (χ2v) is 3.88. The third kappa shape index (κ3) is 3.49. The molecule has 0 amide bonds. The van der Waals surface area contributed by atoms with E-state index in [1.165, 1.54) is 24.8 Å². The highest BCUT2D eigenvalue weighted by molar-refractivity contribution is 5.10. The Balaban J connectivity index is 2.30. The first-order chi connectivity index (χ1) is 6.24. The third-order valence-electron chi connectivity index (χ3n) is 2.66. The van der Waals surface area contributed by atoms with Gasteiger partial charge in [-0.1, -0.05) is 31.4 Å². The summed E-state index contributed by atoms with van der Waals surface area (Å²) in [6, 6.07) is 0. The largest absolute Gasteiger partial charge is 0.390 e. The van der Waals surface area contributed by atoms with E-state index in [2.05, 4.69) is 6.92 Å². The molecule has 0 bridgehead atoms. The van der Waals surface area contributed by atoms with Gasteiger partial charge in [0.25, 0.3) is 0 Å². The molecule has 0 fully saturated rings. The number of aliphatic hydroxyl groups excluding tert-OH is 2. The van der Waals surface area contributed by atoms with Gasteiger partial charge >= 0.3 is 0 Å². The van der Waals surface area contributed by atoms with Crippen molar-refractivity contribution in [2.75, 3.05) is 0 Å². The minimum atomic E-state index is -0.620. The Labute approximate surface area is 80.3 Å². The van der Waals surface area contributed by atoms with E-state index in [9.17, 15) is 10.2 Å². The number of rotatable bonds is 4. The standard InChI is InChI=1S/C11H20O2/c1-2-3-4-5-9-6-7-10(12)11(13)8-9/h8,10-13H,2-7H2,1H3/t10-,11+/m1/s1. The number of hydrogen-bond acceptors (Lipinski definition) is 2. The molecule has 0 saturated carbocycles. The lowest BCUT2D eigenvalue weighted by Gasteiger charge is -2.22. The van der Waals surface area contributed by atoms with Crippen LogP contribution in [0.5, 0.6) is 0 Å². The highest BCUT2D eigenvalue weighted by Crippen LogP contribution is 2.22. The zero-order valence-electron chi connectivity index (χ0n) is 8.37. The van der Waals surface area contributed by atoms with Gasteiger partial charge in [-0.25, -0.2) is 0 Å². The van der Waals surface area contributed by atoms with Crippen LogP contribution in [0.15, 0.2) is 11.6 Å². The van der Waals surface area contributed by atoms with Gasteiger partial charge in [0.2, 0.25) is 0 Å². The van der Waals surface area contributed by atoms with Crippen LogP contribution in [0.25, 0.3) is 0 Å². The van der Waals surface area contributed by atoms with E-state index in [1.54, 1.807) is 0 Å². The van der Waals surface area contributed by atoms with E-state index in [1.807, 2.05) is 6.08 Å². The summed E-state index contributed by atoms with van der Waals surface area (Å²) in [4.78, 5) is 0. The molecule has 0 aliphatic heterocycles. The van der Waals surface area contributed by atoms with E-state index in [0.717, 1.165) is 19.3 Å². The van der Waals surface area contributed by atoms with Crippen LogP contribution in [0, 0.1) is 0 Å². The van der Waals surface area contributed by atoms with Crippen molar-refractivity contribution in [3.63, 3.8) is 0 Å².